The molecule has 28 heavy (non-hydrogen) atoms. The molecule has 0 radical (unpaired) electrons. The van der Waals surface area contributed by atoms with Gasteiger partial charge in [0, 0.05) is 11.6 Å². The second-order valence-electron chi connectivity index (χ2n) is 6.01. The van der Waals surface area contributed by atoms with Crippen LogP contribution >= 0.6 is 0 Å². The normalized spacial score (nSPS) is 15.4. The van der Waals surface area contributed by atoms with Gasteiger partial charge in [0.1, 0.15) is 34.7 Å². The van der Waals surface area contributed by atoms with E-state index in [2.05, 4.69) is 6.07 Å². The number of benzene rings is 2. The Bertz CT molecular complexity index is 1130. The highest BCUT2D eigenvalue weighted by atomic mass is 19.1. The second-order valence-corrected chi connectivity index (χ2v) is 6.01. The Hall–Kier alpha value is -4.05. The predicted molar refractivity (Wildman–Crippen MR) is 95.8 cm³/mol. The maximum Gasteiger partial charge on any atom is 0.346 e. The maximum atomic E-state index is 13.8. The van der Waals surface area contributed by atoms with Crippen molar-refractivity contribution in [2.45, 2.75) is 5.92 Å². The van der Waals surface area contributed by atoms with Gasteiger partial charge in [-0.05, 0) is 30.3 Å². The second kappa shape index (κ2) is 6.93. The van der Waals surface area contributed by atoms with Gasteiger partial charge in [-0.25, -0.2) is 9.18 Å². The number of hydrogen-bond donors (Lipinski definition) is 1. The highest BCUT2D eigenvalue weighted by Gasteiger charge is 2.32. The number of ether oxygens (including phenoxy) is 2. The summed E-state index contributed by atoms with van der Waals surface area (Å²) in [5, 5.41) is 9.47. The Morgan fingerprint density at radius 2 is 2.00 bits per heavy atom. The Morgan fingerprint density at radius 3 is 2.71 bits per heavy atom. The number of fused-ring (bicyclic) bond motifs is 1. The number of furan rings is 1. The number of carbonyl (C=O) groups is 1. The number of rotatable bonds is 3. The first-order valence-corrected chi connectivity index (χ1v) is 8.30. The smallest absolute Gasteiger partial charge is 0.346 e. The molecule has 6 nitrogen and oxygen atoms in total. The molecular formula is C21H13FN2O4. The van der Waals surface area contributed by atoms with E-state index in [1.807, 2.05) is 0 Å². The molecular weight excluding hydrogens is 363 g/mol. The zero-order valence-electron chi connectivity index (χ0n) is 14.4. The summed E-state index contributed by atoms with van der Waals surface area (Å²) >= 11 is 0. The Kier molecular flexibility index (Phi) is 4.30. The molecule has 0 saturated carbocycles. The van der Waals surface area contributed by atoms with Gasteiger partial charge in [-0.3, -0.25) is 0 Å². The molecule has 0 aliphatic carbocycles. The number of esters is 1. The molecule has 1 unspecified atom stereocenters. The molecule has 3 aromatic rings. The van der Waals surface area contributed by atoms with E-state index >= 15 is 0 Å². The van der Waals surface area contributed by atoms with Crippen LogP contribution in [0.3, 0.4) is 0 Å². The van der Waals surface area contributed by atoms with Crippen molar-refractivity contribution in [3.63, 3.8) is 0 Å². The number of nitriles is 1. The van der Waals surface area contributed by atoms with E-state index in [-0.39, 0.29) is 22.8 Å². The lowest BCUT2D eigenvalue weighted by atomic mass is 9.87. The number of carbonyl (C=O) groups excluding carboxylic acids is 1. The van der Waals surface area contributed by atoms with Gasteiger partial charge in [0.25, 0.3) is 0 Å². The first kappa shape index (κ1) is 17.4. The number of hydrogen-bond acceptors (Lipinski definition) is 6. The fourth-order valence-corrected chi connectivity index (χ4v) is 3.04. The van der Waals surface area contributed by atoms with Gasteiger partial charge in [0.2, 0.25) is 5.88 Å². The topological polar surface area (TPSA) is 98.5 Å². The summed E-state index contributed by atoms with van der Waals surface area (Å²) in [7, 11) is 0. The van der Waals surface area contributed by atoms with Crippen LogP contribution in [-0.2, 0) is 0 Å². The lowest BCUT2D eigenvalue weighted by Crippen LogP contribution is -2.21. The van der Waals surface area contributed by atoms with E-state index in [1.54, 1.807) is 24.3 Å². The van der Waals surface area contributed by atoms with Crippen LogP contribution in [0, 0.1) is 17.1 Å². The minimum absolute atomic E-state index is 0.0611. The zero-order chi connectivity index (χ0) is 19.7. The van der Waals surface area contributed by atoms with E-state index in [0.717, 1.165) is 0 Å². The van der Waals surface area contributed by atoms with Crippen LogP contribution in [-0.4, -0.2) is 5.97 Å². The fourth-order valence-electron chi connectivity index (χ4n) is 3.04. The molecule has 0 amide bonds. The van der Waals surface area contributed by atoms with E-state index in [9.17, 15) is 14.4 Å². The minimum Gasteiger partial charge on any atom is -0.468 e. The summed E-state index contributed by atoms with van der Waals surface area (Å²) in [6, 6.07) is 15.7. The van der Waals surface area contributed by atoms with Gasteiger partial charge in [0.05, 0.1) is 17.7 Å². The fraction of sp³-hybridized carbons (Fsp3) is 0.0476. The minimum atomic E-state index is -0.835. The van der Waals surface area contributed by atoms with Crippen LogP contribution in [0.25, 0.3) is 0 Å². The van der Waals surface area contributed by atoms with Crippen LogP contribution < -0.4 is 15.2 Å². The highest BCUT2D eigenvalue weighted by molar-refractivity contribution is 5.91. The van der Waals surface area contributed by atoms with Gasteiger partial charge < -0.3 is 19.6 Å². The molecule has 2 heterocycles. The molecule has 1 aromatic heterocycles. The van der Waals surface area contributed by atoms with E-state index in [4.69, 9.17) is 19.6 Å². The molecule has 0 fully saturated rings. The van der Waals surface area contributed by atoms with Crippen molar-refractivity contribution >= 4 is 5.97 Å². The maximum absolute atomic E-state index is 13.8. The van der Waals surface area contributed by atoms with Crippen molar-refractivity contribution in [3.8, 4) is 17.6 Å². The van der Waals surface area contributed by atoms with Crippen molar-refractivity contribution in [1.82, 2.24) is 0 Å². The Labute approximate surface area is 159 Å². The number of allylic oxidation sites excluding steroid dienone is 1. The summed E-state index contributed by atoms with van der Waals surface area (Å²) in [4.78, 5) is 12.2. The molecule has 1 atom stereocenters. The van der Waals surface area contributed by atoms with Gasteiger partial charge in [0.15, 0.2) is 0 Å². The molecule has 7 heteroatoms. The largest absolute Gasteiger partial charge is 0.468 e. The number of nitrogens with two attached hydrogens (primary N) is 1. The summed E-state index contributed by atoms with van der Waals surface area (Å²) in [5.41, 5.74) is 6.57. The first-order valence-electron chi connectivity index (χ1n) is 8.30. The third-order valence-corrected chi connectivity index (χ3v) is 4.32. The summed E-state index contributed by atoms with van der Waals surface area (Å²) in [6.07, 6.45) is 1.50. The van der Waals surface area contributed by atoms with Crippen molar-refractivity contribution in [2.24, 2.45) is 5.73 Å². The molecule has 4 rings (SSSR count). The van der Waals surface area contributed by atoms with Gasteiger partial charge in [-0.2, -0.15) is 5.26 Å². The van der Waals surface area contributed by atoms with E-state index in [0.29, 0.717) is 17.1 Å². The zero-order valence-corrected chi connectivity index (χ0v) is 14.4. The van der Waals surface area contributed by atoms with Crippen LogP contribution in [0.15, 0.2) is 76.7 Å². The molecule has 2 N–H and O–H groups in total. The highest BCUT2D eigenvalue weighted by Crippen LogP contribution is 2.43. The molecule has 1 aliphatic heterocycles. The molecule has 0 bridgehead atoms. The third-order valence-electron chi connectivity index (χ3n) is 4.32. The van der Waals surface area contributed by atoms with E-state index < -0.39 is 17.7 Å². The third kappa shape index (κ3) is 2.97. The van der Waals surface area contributed by atoms with Crippen molar-refractivity contribution in [2.75, 3.05) is 0 Å². The van der Waals surface area contributed by atoms with Crippen molar-refractivity contribution in [3.05, 3.63) is 95.0 Å². The average molecular weight is 376 g/mol. The van der Waals surface area contributed by atoms with Crippen molar-refractivity contribution in [1.29, 1.82) is 5.26 Å². The first-order chi connectivity index (χ1) is 13.6. The van der Waals surface area contributed by atoms with Gasteiger partial charge in [-0.15, -0.1) is 0 Å². The molecule has 2 aromatic carbocycles. The molecule has 0 spiro atoms. The average Bonchev–Trinajstić information content (AvgIpc) is 3.21. The van der Waals surface area contributed by atoms with Crippen LogP contribution in [0.2, 0.25) is 0 Å². The number of nitrogens with zero attached hydrogens (tertiary/aromatic N) is 1. The van der Waals surface area contributed by atoms with Crippen LogP contribution in [0.1, 0.15) is 27.6 Å². The lowest BCUT2D eigenvalue weighted by molar-refractivity contribution is 0.0729. The summed E-state index contributed by atoms with van der Waals surface area (Å²) in [5.74, 6) is -1.12. The van der Waals surface area contributed by atoms with Crippen molar-refractivity contribution < 1.29 is 23.1 Å². The Balaban J connectivity index is 1.69. The lowest BCUT2D eigenvalue weighted by Gasteiger charge is -2.25. The quantitative estimate of drug-likeness (QED) is 0.551. The van der Waals surface area contributed by atoms with E-state index in [1.165, 1.54) is 36.6 Å². The summed E-state index contributed by atoms with van der Waals surface area (Å²) in [6.45, 7) is 0. The molecule has 1 aliphatic rings. The molecule has 0 saturated heterocycles. The van der Waals surface area contributed by atoms with Gasteiger partial charge in [-0.1, -0.05) is 18.2 Å². The van der Waals surface area contributed by atoms with Gasteiger partial charge >= 0.3 is 5.97 Å². The standard InChI is InChI=1S/C21H13FN2O4/c22-16-5-2-1-4-13(16)21(25)27-12-7-8-14-18(10-12)28-20(24)15(11-23)19(14)17-6-3-9-26-17/h1-10,19H,24H2. The number of halogens is 1. The monoisotopic (exact) mass is 376 g/mol. The SMILES string of the molecule is N#CC1=C(N)Oc2cc(OC(=O)c3ccccc3F)ccc2C1c1ccco1. The Morgan fingerprint density at radius 1 is 1.18 bits per heavy atom. The molecule has 138 valence electrons. The van der Waals surface area contributed by atoms with Crippen LogP contribution in [0.5, 0.6) is 11.5 Å². The predicted octanol–water partition coefficient (Wildman–Crippen LogP) is 3.86. The summed E-state index contributed by atoms with van der Waals surface area (Å²) < 4.78 is 30.0. The van der Waals surface area contributed by atoms with Crippen LogP contribution in [0.4, 0.5) is 4.39 Å².